The van der Waals surface area contributed by atoms with Crippen LogP contribution in [-0.2, 0) is 0 Å². The number of carbonyl (C=O) groups is 1. The first-order valence-corrected chi connectivity index (χ1v) is 4.47. The number of fused-ring (bicyclic) bond motifs is 1. The largest absolute Gasteiger partial charge is 0.456 e. The van der Waals surface area contributed by atoms with E-state index in [-0.39, 0.29) is 23.5 Å². The molecule has 0 saturated carbocycles. The van der Waals surface area contributed by atoms with E-state index in [4.69, 9.17) is 7.16 Å². The van der Waals surface area contributed by atoms with Crippen molar-refractivity contribution in [3.8, 4) is 0 Å². The minimum Gasteiger partial charge on any atom is -0.456 e. The molecule has 2 aromatic rings. The normalized spacial score (nSPS) is 12.4. The van der Waals surface area contributed by atoms with Crippen molar-refractivity contribution in [3.05, 3.63) is 45.8 Å². The van der Waals surface area contributed by atoms with E-state index in [9.17, 15) is 9.59 Å². The Balaban J connectivity index is 3.09. The van der Waals surface area contributed by atoms with Crippen LogP contribution in [0.2, 0.25) is 0 Å². The average molecular weight is 204 g/mol. The molecule has 3 nitrogen and oxygen atoms in total. The first-order valence-electron chi connectivity index (χ1n) is 5.47. The SMILES string of the molecule is [2H]c1cc([2H])c(=O)c2oc(C)c(C(C)=O)c2c1. The molecule has 0 unspecified atom stereocenters. The molecule has 0 saturated heterocycles. The molecule has 3 heteroatoms. The predicted octanol–water partition coefficient (Wildman–Crippen LogP) is 2.30. The molecule has 0 spiro atoms. The van der Waals surface area contributed by atoms with E-state index in [1.807, 2.05) is 0 Å². The van der Waals surface area contributed by atoms with Crippen molar-refractivity contribution in [2.75, 3.05) is 0 Å². The molecule has 1 aromatic heterocycles. The minimum atomic E-state index is -0.603. The number of Topliss-reactive ketones (excluding diaryl/α,β-unsaturated/α-hetero) is 1. The number of furan rings is 1. The summed E-state index contributed by atoms with van der Waals surface area (Å²) in [6.07, 6.45) is 0. The number of aryl methyl sites for hydroxylation is 1. The molecule has 0 aliphatic carbocycles. The smallest absolute Gasteiger partial charge is 0.221 e. The Morgan fingerprint density at radius 2 is 2.27 bits per heavy atom. The van der Waals surface area contributed by atoms with Crippen LogP contribution in [0.4, 0.5) is 0 Å². The molecule has 2 rings (SSSR count). The summed E-state index contributed by atoms with van der Waals surface area (Å²) in [5.74, 6) is 0.118. The molecule has 0 atom stereocenters. The molecule has 0 N–H and O–H groups in total. The van der Waals surface area contributed by atoms with Crippen LogP contribution in [-0.4, -0.2) is 5.78 Å². The van der Waals surface area contributed by atoms with Gasteiger partial charge < -0.3 is 4.42 Å². The highest BCUT2D eigenvalue weighted by Crippen LogP contribution is 2.22. The molecule has 76 valence electrons. The topological polar surface area (TPSA) is 47.3 Å². The lowest BCUT2D eigenvalue weighted by Crippen LogP contribution is -1.94. The Morgan fingerprint density at radius 1 is 1.53 bits per heavy atom. The van der Waals surface area contributed by atoms with Gasteiger partial charge in [-0.2, -0.15) is 0 Å². The molecule has 0 bridgehead atoms. The van der Waals surface area contributed by atoms with Gasteiger partial charge in [-0.05, 0) is 19.9 Å². The van der Waals surface area contributed by atoms with Gasteiger partial charge in [0, 0.05) is 5.39 Å². The zero-order chi connectivity index (χ0) is 12.7. The van der Waals surface area contributed by atoms with E-state index < -0.39 is 5.43 Å². The maximum Gasteiger partial charge on any atom is 0.221 e. The summed E-state index contributed by atoms with van der Waals surface area (Å²) < 4.78 is 20.3. The quantitative estimate of drug-likeness (QED) is 0.669. The second-order valence-electron chi connectivity index (χ2n) is 3.26. The molecule has 0 amide bonds. The molecule has 0 fully saturated rings. The lowest BCUT2D eigenvalue weighted by molar-refractivity contribution is 0.101. The van der Waals surface area contributed by atoms with Gasteiger partial charge in [-0.15, -0.1) is 0 Å². The number of ketones is 1. The van der Waals surface area contributed by atoms with E-state index in [0.717, 1.165) is 6.07 Å². The Bertz CT molecular complexity index is 686. The molecule has 0 aliphatic heterocycles. The van der Waals surface area contributed by atoms with Gasteiger partial charge >= 0.3 is 0 Å². The van der Waals surface area contributed by atoms with Crippen molar-refractivity contribution in [3.63, 3.8) is 0 Å². The Labute approximate surface area is 89.1 Å². The summed E-state index contributed by atoms with van der Waals surface area (Å²) in [6.45, 7) is 2.96. The lowest BCUT2D eigenvalue weighted by atomic mass is 10.1. The number of rotatable bonds is 1. The molecule has 15 heavy (non-hydrogen) atoms. The van der Waals surface area contributed by atoms with Crippen molar-refractivity contribution in [1.29, 1.82) is 0 Å². The lowest BCUT2D eigenvalue weighted by Gasteiger charge is -1.89. The van der Waals surface area contributed by atoms with Crippen molar-refractivity contribution in [2.24, 2.45) is 0 Å². The van der Waals surface area contributed by atoms with Gasteiger partial charge in [0.1, 0.15) is 5.76 Å². The van der Waals surface area contributed by atoms with Crippen molar-refractivity contribution in [2.45, 2.75) is 13.8 Å². The van der Waals surface area contributed by atoms with Crippen molar-refractivity contribution in [1.82, 2.24) is 0 Å². The third-order valence-electron chi connectivity index (χ3n) is 2.19. The maximum absolute atomic E-state index is 11.8. The van der Waals surface area contributed by atoms with Gasteiger partial charge in [0.15, 0.2) is 11.4 Å². The van der Waals surface area contributed by atoms with Crippen LogP contribution < -0.4 is 5.43 Å². The van der Waals surface area contributed by atoms with E-state index in [1.165, 1.54) is 13.0 Å². The number of hydrogen-bond donors (Lipinski definition) is 0. The summed E-state index contributed by atoms with van der Waals surface area (Å²) >= 11 is 0. The summed E-state index contributed by atoms with van der Waals surface area (Å²) in [4.78, 5) is 23.3. The van der Waals surface area contributed by atoms with Crippen molar-refractivity contribution >= 4 is 16.8 Å². The van der Waals surface area contributed by atoms with Crippen LogP contribution in [0, 0.1) is 6.92 Å². The molecule has 1 aromatic carbocycles. The first-order chi connectivity index (χ1) is 7.91. The molecular formula is C12H10O3. The molecule has 0 radical (unpaired) electrons. The average Bonchev–Trinajstić information content (AvgIpc) is 2.48. The maximum atomic E-state index is 11.8. The summed E-state index contributed by atoms with van der Waals surface area (Å²) in [7, 11) is 0. The fourth-order valence-corrected chi connectivity index (χ4v) is 1.60. The first kappa shape index (κ1) is 7.40. The van der Waals surface area contributed by atoms with Crippen LogP contribution >= 0.6 is 0 Å². The third-order valence-corrected chi connectivity index (χ3v) is 2.19. The second-order valence-corrected chi connectivity index (χ2v) is 3.26. The van der Waals surface area contributed by atoms with Gasteiger partial charge in [-0.25, -0.2) is 0 Å². The molecule has 1 heterocycles. The Hall–Kier alpha value is -1.90. The van der Waals surface area contributed by atoms with Gasteiger partial charge in [0.2, 0.25) is 5.43 Å². The highest BCUT2D eigenvalue weighted by atomic mass is 16.3. The standard InChI is InChI=1S/C12H10O3/c1-7(13)11-8(2)15-12-9(11)5-3-4-6-10(12)14/h3-6H,1-2H3/i3D,6D. The third kappa shape index (κ3) is 1.46. The zero-order valence-electron chi connectivity index (χ0n) is 10.4. The number of hydrogen-bond acceptors (Lipinski definition) is 3. The van der Waals surface area contributed by atoms with E-state index in [0.29, 0.717) is 16.7 Å². The fourth-order valence-electron chi connectivity index (χ4n) is 1.60. The molecule has 0 aliphatic rings. The van der Waals surface area contributed by atoms with E-state index in [1.54, 1.807) is 6.92 Å². The van der Waals surface area contributed by atoms with Gasteiger partial charge in [0.25, 0.3) is 0 Å². The van der Waals surface area contributed by atoms with Crippen LogP contribution in [0.1, 0.15) is 25.8 Å². The van der Waals surface area contributed by atoms with Crippen LogP contribution in [0.25, 0.3) is 11.0 Å². The Morgan fingerprint density at radius 3 is 2.93 bits per heavy atom. The van der Waals surface area contributed by atoms with Gasteiger partial charge in [0.05, 0.1) is 8.30 Å². The highest BCUT2D eigenvalue weighted by Gasteiger charge is 2.15. The zero-order valence-corrected chi connectivity index (χ0v) is 8.38. The number of carbonyl (C=O) groups excluding carboxylic acids is 1. The summed E-state index contributed by atoms with van der Waals surface area (Å²) in [6, 6.07) is 2.21. The van der Waals surface area contributed by atoms with E-state index >= 15 is 0 Å². The van der Waals surface area contributed by atoms with E-state index in [2.05, 4.69) is 0 Å². The van der Waals surface area contributed by atoms with Crippen molar-refractivity contribution < 1.29 is 12.0 Å². The second kappa shape index (κ2) is 3.35. The predicted molar refractivity (Wildman–Crippen MR) is 57.2 cm³/mol. The fraction of sp³-hybridized carbons (Fsp3) is 0.167. The minimum absolute atomic E-state index is 0.00500. The Kier molecular flexibility index (Phi) is 1.65. The highest BCUT2D eigenvalue weighted by molar-refractivity contribution is 6.06. The monoisotopic (exact) mass is 204 g/mol. The summed E-state index contributed by atoms with van der Waals surface area (Å²) in [5.41, 5.74) is -0.327. The summed E-state index contributed by atoms with van der Waals surface area (Å²) in [5, 5.41) is 0.309. The van der Waals surface area contributed by atoms with Gasteiger partial charge in [-0.3, -0.25) is 9.59 Å². The van der Waals surface area contributed by atoms with Crippen LogP contribution in [0.5, 0.6) is 0 Å². The molecular weight excluding hydrogens is 192 g/mol. The van der Waals surface area contributed by atoms with Gasteiger partial charge in [-0.1, -0.05) is 18.2 Å². The van der Waals surface area contributed by atoms with Crippen LogP contribution in [0.3, 0.4) is 0 Å². The van der Waals surface area contributed by atoms with Crippen LogP contribution in [0.15, 0.2) is 33.4 Å².